The van der Waals surface area contributed by atoms with Crippen molar-refractivity contribution in [3.63, 3.8) is 0 Å². The number of nitrogens with two attached hydrogens (primary N) is 1. The molecule has 1 saturated heterocycles. The maximum absolute atomic E-state index is 12.0. The normalized spacial score (nSPS) is 21.5. The van der Waals surface area contributed by atoms with E-state index in [0.717, 1.165) is 11.3 Å². The quantitative estimate of drug-likeness (QED) is 0.640. The van der Waals surface area contributed by atoms with Crippen LogP contribution in [0.5, 0.6) is 5.75 Å². The minimum atomic E-state index is -0.619. The average molecular weight is 307 g/mol. The Balaban J connectivity index is 1.83. The van der Waals surface area contributed by atoms with Gasteiger partial charge in [-0.3, -0.25) is 14.5 Å². The van der Waals surface area contributed by atoms with Crippen LogP contribution in [0.15, 0.2) is 24.3 Å². The number of carbonyl (C=O) groups is 2. The van der Waals surface area contributed by atoms with Crippen LogP contribution < -0.4 is 15.8 Å². The number of nitrogens with one attached hydrogen (secondary N) is 1. The van der Waals surface area contributed by atoms with Crippen LogP contribution in [0.25, 0.3) is 0 Å². The molecule has 1 aromatic carbocycles. The number of aliphatic hydroxyl groups is 1. The number of amides is 2. The van der Waals surface area contributed by atoms with Crippen LogP contribution in [0.4, 0.5) is 0 Å². The summed E-state index contributed by atoms with van der Waals surface area (Å²) >= 11 is 0. The molecule has 0 unspecified atom stereocenters. The fourth-order valence-electron chi connectivity index (χ4n) is 2.53. The Hall–Kier alpha value is -2.12. The fourth-order valence-corrected chi connectivity index (χ4v) is 2.53. The van der Waals surface area contributed by atoms with Crippen molar-refractivity contribution in [3.05, 3.63) is 29.8 Å². The van der Waals surface area contributed by atoms with Crippen LogP contribution in [-0.4, -0.2) is 54.2 Å². The topological polar surface area (TPSA) is 105 Å². The van der Waals surface area contributed by atoms with E-state index < -0.39 is 18.1 Å². The first-order chi connectivity index (χ1) is 10.5. The van der Waals surface area contributed by atoms with Gasteiger partial charge < -0.3 is 20.9 Å². The molecular weight excluding hydrogens is 286 g/mol. The molecular formula is C15H21N3O4. The third-order valence-electron chi connectivity index (χ3n) is 3.71. The third-order valence-corrected chi connectivity index (χ3v) is 3.71. The summed E-state index contributed by atoms with van der Waals surface area (Å²) in [6, 6.07) is 6.79. The first-order valence-electron chi connectivity index (χ1n) is 7.10. The van der Waals surface area contributed by atoms with Gasteiger partial charge in [0.1, 0.15) is 5.75 Å². The van der Waals surface area contributed by atoms with Gasteiger partial charge in [0.05, 0.1) is 25.8 Å². The molecule has 1 heterocycles. The highest BCUT2D eigenvalue weighted by Gasteiger charge is 2.35. The summed E-state index contributed by atoms with van der Waals surface area (Å²) in [5.41, 5.74) is 6.23. The Morgan fingerprint density at radius 3 is 2.68 bits per heavy atom. The van der Waals surface area contributed by atoms with Gasteiger partial charge in [-0.2, -0.15) is 0 Å². The summed E-state index contributed by atoms with van der Waals surface area (Å²) in [5, 5.41) is 12.4. The van der Waals surface area contributed by atoms with Crippen LogP contribution in [0.2, 0.25) is 0 Å². The van der Waals surface area contributed by atoms with Gasteiger partial charge >= 0.3 is 0 Å². The highest BCUT2D eigenvalue weighted by atomic mass is 16.5. The molecule has 1 aromatic rings. The monoisotopic (exact) mass is 307 g/mol. The van der Waals surface area contributed by atoms with Gasteiger partial charge in [0.25, 0.3) is 0 Å². The number of aliphatic hydroxyl groups excluding tert-OH is 1. The molecule has 4 N–H and O–H groups in total. The van der Waals surface area contributed by atoms with Gasteiger partial charge in [-0.15, -0.1) is 0 Å². The number of likely N-dealkylation sites (tertiary alicyclic amines) is 1. The van der Waals surface area contributed by atoms with Crippen molar-refractivity contribution in [2.24, 2.45) is 5.73 Å². The SMILES string of the molecule is COc1ccc(CNC(=O)CN2C[C@@H](O)C[C@H]2C(N)=O)cc1. The van der Waals surface area contributed by atoms with Gasteiger partial charge in [-0.1, -0.05) is 12.1 Å². The Labute approximate surface area is 129 Å². The number of methoxy groups -OCH3 is 1. The number of benzene rings is 1. The number of β-amino-alcohol motifs (C(OH)–C–C–N with tert-alkyl or cyclic N) is 1. The van der Waals surface area contributed by atoms with Gasteiger partial charge in [0.2, 0.25) is 11.8 Å². The van der Waals surface area contributed by atoms with Crippen LogP contribution >= 0.6 is 0 Å². The van der Waals surface area contributed by atoms with Crippen molar-refractivity contribution < 1.29 is 19.4 Å². The standard InChI is InChI=1S/C15H21N3O4/c1-22-12-4-2-10(3-5-12)7-17-14(20)9-18-8-11(19)6-13(18)15(16)21/h2-5,11,13,19H,6-9H2,1H3,(H2,16,21)(H,17,20)/t11-,13-/m0/s1. The number of carbonyl (C=O) groups excluding carboxylic acids is 2. The summed E-state index contributed by atoms with van der Waals surface area (Å²) in [6.45, 7) is 0.713. The number of nitrogens with zero attached hydrogens (tertiary/aromatic N) is 1. The molecule has 1 fully saturated rings. The van der Waals surface area contributed by atoms with E-state index in [1.54, 1.807) is 12.0 Å². The van der Waals surface area contributed by atoms with Crippen molar-refractivity contribution in [2.45, 2.75) is 25.1 Å². The van der Waals surface area contributed by atoms with E-state index in [4.69, 9.17) is 10.5 Å². The molecule has 0 radical (unpaired) electrons. The number of hydrogen-bond acceptors (Lipinski definition) is 5. The smallest absolute Gasteiger partial charge is 0.234 e. The average Bonchev–Trinajstić information content (AvgIpc) is 2.86. The summed E-state index contributed by atoms with van der Waals surface area (Å²) in [7, 11) is 1.59. The number of primary amides is 1. The van der Waals surface area contributed by atoms with E-state index >= 15 is 0 Å². The second kappa shape index (κ2) is 7.24. The number of hydrogen-bond donors (Lipinski definition) is 3. The van der Waals surface area contributed by atoms with Crippen molar-refractivity contribution in [1.82, 2.24) is 10.2 Å². The van der Waals surface area contributed by atoms with Crippen LogP contribution in [0.3, 0.4) is 0 Å². The third kappa shape index (κ3) is 4.19. The van der Waals surface area contributed by atoms with Crippen molar-refractivity contribution >= 4 is 11.8 Å². The molecule has 0 bridgehead atoms. The molecule has 22 heavy (non-hydrogen) atoms. The van der Waals surface area contributed by atoms with E-state index in [2.05, 4.69) is 5.32 Å². The Morgan fingerprint density at radius 1 is 1.41 bits per heavy atom. The zero-order valence-electron chi connectivity index (χ0n) is 12.5. The molecule has 7 heteroatoms. The highest BCUT2D eigenvalue weighted by Crippen LogP contribution is 2.17. The lowest BCUT2D eigenvalue weighted by Crippen LogP contribution is -2.45. The highest BCUT2D eigenvalue weighted by molar-refractivity contribution is 5.82. The van der Waals surface area contributed by atoms with Crippen molar-refractivity contribution in [3.8, 4) is 5.75 Å². The minimum Gasteiger partial charge on any atom is -0.497 e. The summed E-state index contributed by atoms with van der Waals surface area (Å²) in [4.78, 5) is 24.9. The lowest BCUT2D eigenvalue weighted by molar-refractivity contribution is -0.125. The molecule has 0 aromatic heterocycles. The Bertz CT molecular complexity index is 532. The Morgan fingerprint density at radius 2 is 2.09 bits per heavy atom. The van der Waals surface area contributed by atoms with Crippen molar-refractivity contribution in [1.29, 1.82) is 0 Å². The maximum atomic E-state index is 12.0. The predicted molar refractivity (Wildman–Crippen MR) is 80.0 cm³/mol. The van der Waals surface area contributed by atoms with E-state index in [9.17, 15) is 14.7 Å². The summed E-state index contributed by atoms with van der Waals surface area (Å²) < 4.78 is 5.07. The molecule has 0 spiro atoms. The largest absolute Gasteiger partial charge is 0.497 e. The second-order valence-corrected chi connectivity index (χ2v) is 5.36. The molecule has 0 saturated carbocycles. The molecule has 2 atom stereocenters. The lowest BCUT2D eigenvalue weighted by Gasteiger charge is -2.20. The summed E-state index contributed by atoms with van der Waals surface area (Å²) in [5.74, 6) is 0.0288. The van der Waals surface area contributed by atoms with Crippen molar-refractivity contribution in [2.75, 3.05) is 20.2 Å². The first kappa shape index (κ1) is 16.3. The zero-order valence-corrected chi connectivity index (χ0v) is 12.5. The molecule has 1 aliphatic rings. The molecule has 7 nitrogen and oxygen atoms in total. The molecule has 0 aliphatic carbocycles. The fraction of sp³-hybridized carbons (Fsp3) is 0.467. The van der Waals surface area contributed by atoms with Gasteiger partial charge in [-0.05, 0) is 24.1 Å². The Kier molecular flexibility index (Phi) is 5.35. The molecule has 120 valence electrons. The van der Waals surface area contributed by atoms with E-state index in [0.29, 0.717) is 6.54 Å². The molecule has 2 amide bonds. The lowest BCUT2D eigenvalue weighted by atomic mass is 10.2. The van der Waals surface area contributed by atoms with E-state index in [1.807, 2.05) is 24.3 Å². The van der Waals surface area contributed by atoms with Gasteiger partial charge in [0, 0.05) is 13.1 Å². The maximum Gasteiger partial charge on any atom is 0.234 e. The van der Waals surface area contributed by atoms with Crippen LogP contribution in [0.1, 0.15) is 12.0 Å². The number of ether oxygens (including phenoxy) is 1. The minimum absolute atomic E-state index is 0.0425. The van der Waals surface area contributed by atoms with Gasteiger partial charge in [-0.25, -0.2) is 0 Å². The number of rotatable bonds is 6. The predicted octanol–water partition coefficient (Wildman–Crippen LogP) is -0.768. The van der Waals surface area contributed by atoms with Crippen LogP contribution in [0, 0.1) is 0 Å². The zero-order chi connectivity index (χ0) is 16.1. The van der Waals surface area contributed by atoms with E-state index in [-0.39, 0.29) is 25.4 Å². The first-order valence-corrected chi connectivity index (χ1v) is 7.10. The molecule has 1 aliphatic heterocycles. The molecule has 2 rings (SSSR count). The van der Waals surface area contributed by atoms with Crippen LogP contribution in [-0.2, 0) is 16.1 Å². The van der Waals surface area contributed by atoms with E-state index in [1.165, 1.54) is 0 Å². The van der Waals surface area contributed by atoms with Gasteiger partial charge in [0.15, 0.2) is 0 Å². The summed E-state index contributed by atoms with van der Waals surface area (Å²) in [6.07, 6.45) is -0.340. The second-order valence-electron chi connectivity index (χ2n) is 5.36.